The molecular weight excluding hydrogens is 384 g/mol. The van der Waals surface area contributed by atoms with E-state index in [1.807, 2.05) is 30.3 Å². The number of rotatable bonds is 7. The Bertz CT molecular complexity index is 975. The van der Waals surface area contributed by atoms with Crippen molar-refractivity contribution < 1.29 is 19.1 Å². The van der Waals surface area contributed by atoms with E-state index in [1.54, 1.807) is 17.0 Å². The fraction of sp³-hybridized carbons (Fsp3) is 0.318. The second-order valence-electron chi connectivity index (χ2n) is 7.30. The molecule has 0 aliphatic carbocycles. The van der Waals surface area contributed by atoms with Crippen molar-refractivity contribution in [3.63, 3.8) is 0 Å². The van der Waals surface area contributed by atoms with Crippen LogP contribution in [0.1, 0.15) is 24.8 Å². The predicted molar refractivity (Wildman–Crippen MR) is 114 cm³/mol. The largest absolute Gasteiger partial charge is 0.494 e. The van der Waals surface area contributed by atoms with E-state index in [-0.39, 0.29) is 17.8 Å². The molecular formula is C22H24N4O4. The molecule has 156 valence electrons. The van der Waals surface area contributed by atoms with Gasteiger partial charge < -0.3 is 20.7 Å². The maximum absolute atomic E-state index is 12.2. The fourth-order valence-corrected chi connectivity index (χ4v) is 3.57. The summed E-state index contributed by atoms with van der Waals surface area (Å²) < 4.78 is 5.75. The molecule has 0 radical (unpaired) electrons. The molecule has 4 amide bonds. The summed E-state index contributed by atoms with van der Waals surface area (Å²) in [4.78, 5) is 37.1. The van der Waals surface area contributed by atoms with Crippen LogP contribution in [0.15, 0.2) is 42.5 Å². The second-order valence-corrected chi connectivity index (χ2v) is 7.30. The molecule has 0 spiro atoms. The zero-order valence-corrected chi connectivity index (χ0v) is 16.6. The smallest absolute Gasteiger partial charge is 0.321 e. The van der Waals surface area contributed by atoms with Crippen molar-refractivity contribution in [1.29, 1.82) is 0 Å². The van der Waals surface area contributed by atoms with E-state index in [4.69, 9.17) is 4.74 Å². The van der Waals surface area contributed by atoms with Crippen molar-refractivity contribution in [2.75, 3.05) is 35.2 Å². The Morgan fingerprint density at radius 1 is 1.13 bits per heavy atom. The summed E-state index contributed by atoms with van der Waals surface area (Å²) >= 11 is 0. The number of hydrogen-bond donors (Lipinski definition) is 3. The summed E-state index contributed by atoms with van der Waals surface area (Å²) in [6.07, 6.45) is 2.10. The zero-order chi connectivity index (χ0) is 20.9. The van der Waals surface area contributed by atoms with Crippen molar-refractivity contribution in [3.05, 3.63) is 48.0 Å². The number of urea groups is 1. The van der Waals surface area contributed by atoms with Crippen LogP contribution in [0.2, 0.25) is 0 Å². The fourth-order valence-electron chi connectivity index (χ4n) is 3.57. The number of carbonyl (C=O) groups excluding carboxylic acids is 3. The van der Waals surface area contributed by atoms with Crippen LogP contribution in [0, 0.1) is 0 Å². The van der Waals surface area contributed by atoms with Gasteiger partial charge in [-0.25, -0.2) is 4.79 Å². The van der Waals surface area contributed by atoms with Gasteiger partial charge in [-0.2, -0.15) is 0 Å². The third kappa shape index (κ3) is 4.71. The van der Waals surface area contributed by atoms with Crippen molar-refractivity contribution >= 4 is 34.9 Å². The van der Waals surface area contributed by atoms with Crippen molar-refractivity contribution in [2.24, 2.45) is 0 Å². The number of amides is 4. The maximum atomic E-state index is 12.2. The SMILES string of the molecule is O=C(CCCOc1ccc2c(c1)CCC(=O)N2)Nc1cccc(N2CCNC2=O)c1. The third-order valence-corrected chi connectivity index (χ3v) is 5.09. The van der Waals surface area contributed by atoms with Gasteiger partial charge in [0, 0.05) is 43.0 Å². The van der Waals surface area contributed by atoms with E-state index < -0.39 is 0 Å². The predicted octanol–water partition coefficient (Wildman–Crippen LogP) is 2.90. The minimum Gasteiger partial charge on any atom is -0.494 e. The average Bonchev–Trinajstić information content (AvgIpc) is 3.17. The molecule has 3 N–H and O–H groups in total. The highest BCUT2D eigenvalue weighted by atomic mass is 16.5. The first kappa shape index (κ1) is 19.8. The highest BCUT2D eigenvalue weighted by molar-refractivity contribution is 5.96. The van der Waals surface area contributed by atoms with Gasteiger partial charge >= 0.3 is 6.03 Å². The number of carbonyl (C=O) groups is 3. The van der Waals surface area contributed by atoms with Gasteiger partial charge in [0.05, 0.1) is 6.61 Å². The van der Waals surface area contributed by atoms with E-state index >= 15 is 0 Å². The molecule has 2 aromatic carbocycles. The van der Waals surface area contributed by atoms with Crippen molar-refractivity contribution in [1.82, 2.24) is 5.32 Å². The summed E-state index contributed by atoms with van der Waals surface area (Å²) in [7, 11) is 0. The van der Waals surface area contributed by atoms with E-state index in [2.05, 4.69) is 16.0 Å². The molecule has 0 unspecified atom stereocenters. The number of benzene rings is 2. The Morgan fingerprint density at radius 2 is 2.03 bits per heavy atom. The third-order valence-electron chi connectivity index (χ3n) is 5.09. The van der Waals surface area contributed by atoms with Gasteiger partial charge in [0.1, 0.15) is 5.75 Å². The van der Waals surface area contributed by atoms with E-state index in [9.17, 15) is 14.4 Å². The number of ether oxygens (including phenoxy) is 1. The highest BCUT2D eigenvalue weighted by Crippen LogP contribution is 2.27. The highest BCUT2D eigenvalue weighted by Gasteiger charge is 2.21. The van der Waals surface area contributed by atoms with Crippen LogP contribution in [0.3, 0.4) is 0 Å². The van der Waals surface area contributed by atoms with Crippen LogP contribution in [0.5, 0.6) is 5.75 Å². The summed E-state index contributed by atoms with van der Waals surface area (Å²) in [5, 5.41) is 8.48. The minimum absolute atomic E-state index is 0.0383. The van der Waals surface area contributed by atoms with Crippen LogP contribution < -0.4 is 25.6 Å². The lowest BCUT2D eigenvalue weighted by Crippen LogP contribution is -2.27. The molecule has 0 atom stereocenters. The number of nitrogens with zero attached hydrogens (tertiary/aromatic N) is 1. The quantitative estimate of drug-likeness (QED) is 0.614. The number of nitrogens with one attached hydrogen (secondary N) is 3. The van der Waals surface area contributed by atoms with Crippen molar-refractivity contribution in [3.8, 4) is 5.75 Å². The molecule has 0 bridgehead atoms. The first-order chi connectivity index (χ1) is 14.6. The van der Waals surface area contributed by atoms with Gasteiger partial charge in [0.25, 0.3) is 0 Å². The summed E-state index contributed by atoms with van der Waals surface area (Å²) in [5.74, 6) is 0.674. The molecule has 0 saturated carbocycles. The molecule has 8 heteroatoms. The van der Waals surface area contributed by atoms with Gasteiger partial charge in [-0.15, -0.1) is 0 Å². The maximum Gasteiger partial charge on any atom is 0.321 e. The molecule has 8 nitrogen and oxygen atoms in total. The molecule has 2 aliphatic rings. The lowest BCUT2D eigenvalue weighted by Gasteiger charge is -2.17. The Morgan fingerprint density at radius 3 is 2.87 bits per heavy atom. The molecule has 2 aromatic rings. The van der Waals surface area contributed by atoms with Crippen LogP contribution in [-0.2, 0) is 16.0 Å². The van der Waals surface area contributed by atoms with Crippen LogP contribution >= 0.6 is 0 Å². The molecule has 2 heterocycles. The van der Waals surface area contributed by atoms with Gasteiger partial charge in [0.15, 0.2) is 0 Å². The second kappa shape index (κ2) is 8.86. The standard InChI is InChI=1S/C22H24N4O4/c27-20(24-16-3-1-4-17(14-16)26-11-10-23-22(26)29)5-2-12-30-18-7-8-19-15(13-18)6-9-21(28)25-19/h1,3-4,7-8,13-14H,2,5-6,9-12H2,(H,23,29)(H,24,27)(H,25,28). The van der Waals surface area contributed by atoms with E-state index in [1.165, 1.54) is 0 Å². The topological polar surface area (TPSA) is 99.8 Å². The normalized spacial score (nSPS) is 15.3. The Kier molecular flexibility index (Phi) is 5.83. The molecule has 0 aromatic heterocycles. The number of anilines is 3. The molecule has 4 rings (SSSR count). The average molecular weight is 408 g/mol. The number of fused-ring (bicyclic) bond motifs is 1. The molecule has 2 aliphatic heterocycles. The van der Waals surface area contributed by atoms with Crippen molar-refractivity contribution in [2.45, 2.75) is 25.7 Å². The van der Waals surface area contributed by atoms with E-state index in [0.717, 1.165) is 22.7 Å². The summed E-state index contributed by atoms with van der Waals surface area (Å²) in [6, 6.07) is 12.8. The Balaban J connectivity index is 1.23. The molecule has 30 heavy (non-hydrogen) atoms. The molecule has 1 fully saturated rings. The zero-order valence-electron chi connectivity index (χ0n) is 16.6. The Labute approximate surface area is 174 Å². The van der Waals surface area contributed by atoms with Crippen LogP contribution in [0.25, 0.3) is 0 Å². The summed E-state index contributed by atoms with van der Waals surface area (Å²) in [5.41, 5.74) is 3.33. The lowest BCUT2D eigenvalue weighted by molar-refractivity contribution is -0.117. The summed E-state index contributed by atoms with van der Waals surface area (Å²) in [6.45, 7) is 1.66. The van der Waals surface area contributed by atoms with Gasteiger partial charge in [-0.3, -0.25) is 14.5 Å². The van der Waals surface area contributed by atoms with Crippen LogP contribution in [-0.4, -0.2) is 37.5 Å². The first-order valence-electron chi connectivity index (χ1n) is 10.1. The van der Waals surface area contributed by atoms with Gasteiger partial charge in [-0.1, -0.05) is 6.07 Å². The van der Waals surface area contributed by atoms with Crippen LogP contribution in [0.4, 0.5) is 21.9 Å². The van der Waals surface area contributed by atoms with Gasteiger partial charge in [-0.05, 0) is 54.8 Å². The molecule has 1 saturated heterocycles. The number of hydrogen-bond acceptors (Lipinski definition) is 4. The Hall–Kier alpha value is -3.55. The number of aryl methyl sites for hydroxylation is 1. The van der Waals surface area contributed by atoms with Gasteiger partial charge in [0.2, 0.25) is 11.8 Å². The lowest BCUT2D eigenvalue weighted by atomic mass is 10.0. The monoisotopic (exact) mass is 408 g/mol. The minimum atomic E-state index is -0.125. The first-order valence-corrected chi connectivity index (χ1v) is 10.1. The van der Waals surface area contributed by atoms with E-state index in [0.29, 0.717) is 51.1 Å².